The second-order valence-electron chi connectivity index (χ2n) is 7.67. The molecule has 0 unspecified atom stereocenters. The molecule has 0 saturated carbocycles. The van der Waals surface area contributed by atoms with E-state index in [1.165, 1.54) is 38.2 Å². The number of carboxylic acids is 1. The van der Waals surface area contributed by atoms with Crippen molar-refractivity contribution in [1.82, 2.24) is 0 Å². The van der Waals surface area contributed by atoms with Gasteiger partial charge >= 0.3 is 5.97 Å². The second-order valence-corrected chi connectivity index (χ2v) is 7.67. The van der Waals surface area contributed by atoms with Crippen molar-refractivity contribution < 1.29 is 29.6 Å². The van der Waals surface area contributed by atoms with E-state index in [2.05, 4.69) is 0 Å². The summed E-state index contributed by atoms with van der Waals surface area (Å²) >= 11 is 0. The summed E-state index contributed by atoms with van der Waals surface area (Å²) in [6, 6.07) is 0. The minimum absolute atomic E-state index is 0.0333. The van der Waals surface area contributed by atoms with E-state index in [9.17, 15) is 15.0 Å². The number of hydrogen-bond acceptors (Lipinski definition) is 5. The van der Waals surface area contributed by atoms with Gasteiger partial charge in [0.1, 0.15) is 6.10 Å². The molecule has 0 aromatic heterocycles. The van der Waals surface area contributed by atoms with E-state index in [0.29, 0.717) is 6.42 Å². The van der Waals surface area contributed by atoms with Crippen molar-refractivity contribution in [3.05, 3.63) is 12.2 Å². The Bertz CT molecular complexity index is 425. The van der Waals surface area contributed by atoms with Crippen LogP contribution in [0.1, 0.15) is 84.5 Å². The lowest BCUT2D eigenvalue weighted by Gasteiger charge is -2.36. The third-order valence-electron chi connectivity index (χ3n) is 5.05. The first-order chi connectivity index (χ1) is 12.9. The Balaban J connectivity index is 1.94. The number of unbranched alkanes of at least 4 members (excludes halogenated alkanes) is 8. The Hall–Kier alpha value is -0.950. The van der Waals surface area contributed by atoms with Crippen LogP contribution in [0.3, 0.4) is 0 Å². The quantitative estimate of drug-likeness (QED) is 0.310. The summed E-state index contributed by atoms with van der Waals surface area (Å²) < 4.78 is 11.3. The average Bonchev–Trinajstić information content (AvgIpc) is 2.60. The van der Waals surface area contributed by atoms with E-state index in [0.717, 1.165) is 32.1 Å². The normalized spacial score (nSPS) is 27.1. The molecule has 1 heterocycles. The van der Waals surface area contributed by atoms with Crippen molar-refractivity contribution >= 4 is 5.97 Å². The smallest absolute Gasteiger partial charge is 0.327 e. The Kier molecular flexibility index (Phi) is 12.6. The fourth-order valence-corrected chi connectivity index (χ4v) is 3.30. The minimum Gasteiger partial charge on any atom is -0.478 e. The standard InChI is InChI=1S/C21H38O6/c1-16(26-21-19(23)15-18(22)17(2)27-21)13-11-9-7-5-3-4-6-8-10-12-14-20(24)25/h12,14,16-19,21-23H,3-11,13,15H2,1-2H3,(H,24,25)/b14-12+/t16-,17+,18-,19-,21-/m1/s1. The summed E-state index contributed by atoms with van der Waals surface area (Å²) in [6.07, 6.45) is 12.1. The zero-order valence-electron chi connectivity index (χ0n) is 16.9. The van der Waals surface area contributed by atoms with Crippen LogP contribution in [0.4, 0.5) is 0 Å². The summed E-state index contributed by atoms with van der Waals surface area (Å²) in [5, 5.41) is 28.1. The highest BCUT2D eigenvalue weighted by Gasteiger charge is 2.35. The molecule has 0 bridgehead atoms. The first-order valence-corrected chi connectivity index (χ1v) is 10.5. The van der Waals surface area contributed by atoms with Crippen LogP contribution in [-0.4, -0.2) is 52.0 Å². The van der Waals surface area contributed by atoms with E-state index in [-0.39, 0.29) is 12.2 Å². The third kappa shape index (κ3) is 11.5. The van der Waals surface area contributed by atoms with Crippen LogP contribution >= 0.6 is 0 Å². The van der Waals surface area contributed by atoms with Gasteiger partial charge in [-0.3, -0.25) is 0 Å². The Morgan fingerprint density at radius 2 is 1.67 bits per heavy atom. The monoisotopic (exact) mass is 386 g/mol. The van der Waals surface area contributed by atoms with Gasteiger partial charge in [0.15, 0.2) is 6.29 Å². The van der Waals surface area contributed by atoms with E-state index >= 15 is 0 Å². The van der Waals surface area contributed by atoms with Crippen molar-refractivity contribution in [3.8, 4) is 0 Å². The Morgan fingerprint density at radius 1 is 1.07 bits per heavy atom. The lowest BCUT2D eigenvalue weighted by molar-refractivity contribution is -0.273. The van der Waals surface area contributed by atoms with Crippen LogP contribution in [-0.2, 0) is 14.3 Å². The fraction of sp³-hybridized carbons (Fsp3) is 0.857. The molecule has 0 aromatic rings. The summed E-state index contributed by atoms with van der Waals surface area (Å²) in [6.45, 7) is 3.80. The van der Waals surface area contributed by atoms with Gasteiger partial charge in [-0.1, -0.05) is 51.0 Å². The van der Waals surface area contributed by atoms with E-state index in [1.54, 1.807) is 13.0 Å². The van der Waals surface area contributed by atoms with Crippen LogP contribution < -0.4 is 0 Å². The predicted molar refractivity (Wildman–Crippen MR) is 104 cm³/mol. The third-order valence-corrected chi connectivity index (χ3v) is 5.05. The van der Waals surface area contributed by atoms with E-state index in [1.807, 2.05) is 6.92 Å². The molecule has 1 saturated heterocycles. The Morgan fingerprint density at radius 3 is 2.30 bits per heavy atom. The summed E-state index contributed by atoms with van der Waals surface area (Å²) in [5.74, 6) is -0.870. The molecule has 0 radical (unpaired) electrons. The number of allylic oxidation sites excluding steroid dienone is 1. The average molecular weight is 387 g/mol. The largest absolute Gasteiger partial charge is 0.478 e. The highest BCUT2D eigenvalue weighted by molar-refractivity contribution is 5.79. The summed E-state index contributed by atoms with van der Waals surface area (Å²) in [5.41, 5.74) is 0. The second kappa shape index (κ2) is 14.1. The molecule has 1 aliphatic heterocycles. The van der Waals surface area contributed by atoms with Crippen molar-refractivity contribution in [1.29, 1.82) is 0 Å². The number of carboxylic acid groups (broad SMARTS) is 1. The molecule has 6 nitrogen and oxygen atoms in total. The molecule has 5 atom stereocenters. The van der Waals surface area contributed by atoms with Gasteiger partial charge in [0.2, 0.25) is 0 Å². The van der Waals surface area contributed by atoms with Gasteiger partial charge in [-0.2, -0.15) is 0 Å². The van der Waals surface area contributed by atoms with Crippen LogP contribution in [0.15, 0.2) is 12.2 Å². The van der Waals surface area contributed by atoms with Gasteiger partial charge in [-0.25, -0.2) is 4.79 Å². The van der Waals surface area contributed by atoms with Crippen molar-refractivity contribution in [2.75, 3.05) is 0 Å². The van der Waals surface area contributed by atoms with Crippen LogP contribution in [0.2, 0.25) is 0 Å². The molecule has 0 spiro atoms. The zero-order valence-corrected chi connectivity index (χ0v) is 16.9. The molecule has 1 rings (SSSR count). The fourth-order valence-electron chi connectivity index (χ4n) is 3.30. The van der Waals surface area contributed by atoms with Crippen LogP contribution in [0.25, 0.3) is 0 Å². The molecule has 0 aromatic carbocycles. The molecular weight excluding hydrogens is 348 g/mol. The highest BCUT2D eigenvalue weighted by atomic mass is 16.7. The van der Waals surface area contributed by atoms with E-state index < -0.39 is 24.5 Å². The zero-order chi connectivity index (χ0) is 20.1. The van der Waals surface area contributed by atoms with Gasteiger partial charge in [-0.05, 0) is 33.1 Å². The molecule has 0 amide bonds. The van der Waals surface area contributed by atoms with Crippen molar-refractivity contribution in [2.45, 2.75) is 115 Å². The van der Waals surface area contributed by atoms with Gasteiger partial charge in [-0.15, -0.1) is 0 Å². The first-order valence-electron chi connectivity index (χ1n) is 10.5. The Labute approximate surface area is 163 Å². The van der Waals surface area contributed by atoms with Gasteiger partial charge in [0, 0.05) is 12.5 Å². The number of rotatable bonds is 14. The summed E-state index contributed by atoms with van der Waals surface area (Å²) in [7, 11) is 0. The van der Waals surface area contributed by atoms with Gasteiger partial charge < -0.3 is 24.8 Å². The number of aliphatic hydroxyl groups is 2. The van der Waals surface area contributed by atoms with Crippen LogP contribution in [0.5, 0.6) is 0 Å². The maximum atomic E-state index is 10.3. The first kappa shape index (κ1) is 24.1. The topological polar surface area (TPSA) is 96.2 Å². The molecular formula is C21H38O6. The van der Waals surface area contributed by atoms with Gasteiger partial charge in [0.25, 0.3) is 0 Å². The van der Waals surface area contributed by atoms with Crippen LogP contribution in [0, 0.1) is 0 Å². The molecule has 6 heteroatoms. The van der Waals surface area contributed by atoms with Crippen molar-refractivity contribution in [2.24, 2.45) is 0 Å². The van der Waals surface area contributed by atoms with Gasteiger partial charge in [0.05, 0.1) is 18.3 Å². The van der Waals surface area contributed by atoms with E-state index in [4.69, 9.17) is 14.6 Å². The minimum atomic E-state index is -0.870. The number of aliphatic hydroxyl groups excluding tert-OH is 2. The SMILES string of the molecule is C[C@H](CCCCCCCCCC/C=C/C(=O)O)O[C@@H]1O[C@@H](C)[C@H](O)C[C@H]1O. The summed E-state index contributed by atoms with van der Waals surface area (Å²) in [4.78, 5) is 10.3. The van der Waals surface area contributed by atoms with Crippen molar-refractivity contribution in [3.63, 3.8) is 0 Å². The number of aliphatic carboxylic acids is 1. The molecule has 1 fully saturated rings. The molecule has 3 N–H and O–H groups in total. The maximum absolute atomic E-state index is 10.3. The lowest BCUT2D eigenvalue weighted by atomic mass is 10.0. The number of ether oxygens (including phenoxy) is 2. The molecule has 1 aliphatic rings. The molecule has 27 heavy (non-hydrogen) atoms. The number of hydrogen-bond donors (Lipinski definition) is 3. The molecule has 158 valence electrons. The lowest BCUT2D eigenvalue weighted by Crippen LogP contribution is -2.48. The molecule has 0 aliphatic carbocycles. The number of carbonyl (C=O) groups is 1. The predicted octanol–water partition coefficient (Wildman–Crippen LogP) is 3.79. The maximum Gasteiger partial charge on any atom is 0.327 e. The highest BCUT2D eigenvalue weighted by Crippen LogP contribution is 2.23.